The van der Waals surface area contributed by atoms with E-state index in [-0.39, 0.29) is 5.91 Å². The van der Waals surface area contributed by atoms with Gasteiger partial charge in [0.1, 0.15) is 0 Å². The Balaban J connectivity index is 1.70. The van der Waals surface area contributed by atoms with Crippen LogP contribution in [0.5, 0.6) is 11.5 Å². The topological polar surface area (TPSA) is 78.3 Å². The van der Waals surface area contributed by atoms with Gasteiger partial charge in [0.25, 0.3) is 5.91 Å². The van der Waals surface area contributed by atoms with E-state index in [1.165, 1.54) is 11.8 Å². The lowest BCUT2D eigenvalue weighted by Gasteiger charge is -2.10. The second kappa shape index (κ2) is 9.13. The maximum absolute atomic E-state index is 13.3. The molecule has 0 aliphatic rings. The van der Waals surface area contributed by atoms with E-state index in [1.54, 1.807) is 25.3 Å². The van der Waals surface area contributed by atoms with Gasteiger partial charge in [0.05, 0.1) is 14.2 Å². The predicted molar refractivity (Wildman–Crippen MR) is 119 cm³/mol. The van der Waals surface area contributed by atoms with E-state index < -0.39 is 0 Å². The van der Waals surface area contributed by atoms with Gasteiger partial charge in [-0.2, -0.15) is 9.67 Å². The molecule has 156 valence electrons. The van der Waals surface area contributed by atoms with Crippen LogP contribution >= 0.6 is 0 Å². The first kappa shape index (κ1) is 20.2. The van der Waals surface area contributed by atoms with Crippen LogP contribution in [0.3, 0.4) is 0 Å². The Kier molecular flexibility index (Phi) is 5.93. The van der Waals surface area contributed by atoms with E-state index in [4.69, 9.17) is 9.47 Å². The van der Waals surface area contributed by atoms with Crippen molar-refractivity contribution in [1.82, 2.24) is 14.8 Å². The van der Waals surface area contributed by atoms with Crippen molar-refractivity contribution in [1.29, 1.82) is 0 Å². The summed E-state index contributed by atoms with van der Waals surface area (Å²) in [5.74, 6) is 1.51. The summed E-state index contributed by atoms with van der Waals surface area (Å²) in [7, 11) is 3.08. The highest BCUT2D eigenvalue weighted by molar-refractivity contribution is 5.97. The molecule has 0 unspecified atom stereocenters. The van der Waals surface area contributed by atoms with Gasteiger partial charge in [-0.15, -0.1) is 5.10 Å². The smallest absolute Gasteiger partial charge is 0.281 e. The lowest BCUT2D eigenvalue weighted by Crippen LogP contribution is -2.17. The molecule has 3 aromatic carbocycles. The number of aromatic nitrogens is 3. The summed E-state index contributed by atoms with van der Waals surface area (Å²) < 4.78 is 11.9. The van der Waals surface area contributed by atoms with Gasteiger partial charge in [0.15, 0.2) is 17.3 Å². The summed E-state index contributed by atoms with van der Waals surface area (Å²) in [5.41, 5.74) is 2.30. The number of nitrogens with zero attached hydrogens (tertiary/aromatic N) is 3. The lowest BCUT2D eigenvalue weighted by atomic mass is 10.2. The molecule has 0 saturated heterocycles. The molecule has 1 heterocycles. The van der Waals surface area contributed by atoms with E-state index in [0.29, 0.717) is 35.4 Å². The van der Waals surface area contributed by atoms with Gasteiger partial charge in [-0.25, -0.2) is 0 Å². The van der Waals surface area contributed by atoms with Gasteiger partial charge < -0.3 is 14.8 Å². The quantitative estimate of drug-likeness (QED) is 0.487. The Morgan fingerprint density at radius 1 is 0.903 bits per heavy atom. The number of benzene rings is 3. The zero-order valence-electron chi connectivity index (χ0n) is 17.3. The van der Waals surface area contributed by atoms with Crippen LogP contribution in [0.4, 0.5) is 5.95 Å². The molecule has 0 aliphatic carbocycles. The maximum atomic E-state index is 13.3. The van der Waals surface area contributed by atoms with Crippen molar-refractivity contribution in [2.75, 3.05) is 19.5 Å². The van der Waals surface area contributed by atoms with Crippen molar-refractivity contribution in [3.63, 3.8) is 0 Å². The molecule has 0 radical (unpaired) electrons. The fourth-order valence-electron chi connectivity index (χ4n) is 3.15. The standard InChI is InChI=1S/C24H22N4O3/c1-30-20-14-13-19(15-21(20)31-2)23(29)28-24(25-16-17-9-5-3-6-10-17)26-22(27-28)18-11-7-4-8-12-18/h3-15H,16H2,1-2H3,(H,25,26,27). The number of nitrogens with one attached hydrogen (secondary N) is 1. The molecule has 0 atom stereocenters. The zero-order chi connectivity index (χ0) is 21.6. The number of methoxy groups -OCH3 is 2. The Morgan fingerprint density at radius 3 is 2.26 bits per heavy atom. The minimum absolute atomic E-state index is 0.328. The monoisotopic (exact) mass is 414 g/mol. The molecule has 0 aliphatic heterocycles. The summed E-state index contributed by atoms with van der Waals surface area (Å²) in [6.45, 7) is 0.507. The minimum Gasteiger partial charge on any atom is -0.493 e. The van der Waals surface area contributed by atoms with Crippen molar-refractivity contribution in [3.8, 4) is 22.9 Å². The Hall–Kier alpha value is -4.13. The van der Waals surface area contributed by atoms with Crippen molar-refractivity contribution < 1.29 is 14.3 Å². The number of rotatable bonds is 7. The fourth-order valence-corrected chi connectivity index (χ4v) is 3.15. The third-order valence-electron chi connectivity index (χ3n) is 4.76. The van der Waals surface area contributed by atoms with Gasteiger partial charge in [0.2, 0.25) is 5.95 Å². The van der Waals surface area contributed by atoms with E-state index >= 15 is 0 Å². The molecule has 0 bridgehead atoms. The highest BCUT2D eigenvalue weighted by Gasteiger charge is 2.20. The Labute approximate surface area is 180 Å². The molecule has 0 fully saturated rings. The van der Waals surface area contributed by atoms with Gasteiger partial charge in [-0.1, -0.05) is 60.7 Å². The van der Waals surface area contributed by atoms with Crippen molar-refractivity contribution >= 4 is 11.9 Å². The lowest BCUT2D eigenvalue weighted by molar-refractivity contribution is 0.0947. The first-order valence-electron chi connectivity index (χ1n) is 9.76. The molecule has 7 nitrogen and oxygen atoms in total. The van der Waals surface area contributed by atoms with Crippen LogP contribution in [0.15, 0.2) is 78.9 Å². The Morgan fingerprint density at radius 2 is 1.58 bits per heavy atom. The molecule has 31 heavy (non-hydrogen) atoms. The van der Waals surface area contributed by atoms with E-state index in [2.05, 4.69) is 15.4 Å². The molecule has 4 rings (SSSR count). The average molecular weight is 414 g/mol. The van der Waals surface area contributed by atoms with Crippen LogP contribution in [0.2, 0.25) is 0 Å². The molecule has 1 N–H and O–H groups in total. The molecular formula is C24H22N4O3. The molecule has 0 spiro atoms. The van der Waals surface area contributed by atoms with Gasteiger partial charge >= 0.3 is 0 Å². The highest BCUT2D eigenvalue weighted by Crippen LogP contribution is 2.28. The highest BCUT2D eigenvalue weighted by atomic mass is 16.5. The zero-order valence-corrected chi connectivity index (χ0v) is 17.3. The predicted octanol–water partition coefficient (Wildman–Crippen LogP) is 4.26. The Bertz CT molecular complexity index is 1170. The number of anilines is 1. The van der Waals surface area contributed by atoms with Crippen LogP contribution in [0, 0.1) is 0 Å². The van der Waals surface area contributed by atoms with Crippen LogP contribution in [-0.4, -0.2) is 34.9 Å². The number of hydrogen-bond acceptors (Lipinski definition) is 6. The number of carbonyl (C=O) groups excluding carboxylic acids is 1. The molecule has 1 aromatic heterocycles. The first-order chi connectivity index (χ1) is 15.2. The second-order valence-electron chi connectivity index (χ2n) is 6.75. The molecule has 4 aromatic rings. The van der Waals surface area contributed by atoms with Crippen LogP contribution in [0.1, 0.15) is 15.9 Å². The average Bonchev–Trinajstić information content (AvgIpc) is 3.27. The first-order valence-corrected chi connectivity index (χ1v) is 9.76. The van der Waals surface area contributed by atoms with Gasteiger partial charge in [-0.05, 0) is 23.8 Å². The van der Waals surface area contributed by atoms with E-state index in [0.717, 1.165) is 11.1 Å². The van der Waals surface area contributed by atoms with Crippen molar-refractivity contribution in [2.45, 2.75) is 6.54 Å². The van der Waals surface area contributed by atoms with Gasteiger partial charge in [0, 0.05) is 17.7 Å². The SMILES string of the molecule is COc1ccc(C(=O)n2nc(-c3ccccc3)nc2NCc2ccccc2)cc1OC. The van der Waals surface area contributed by atoms with Crippen molar-refractivity contribution in [2.24, 2.45) is 0 Å². The van der Waals surface area contributed by atoms with E-state index in [9.17, 15) is 4.79 Å². The number of hydrogen-bond donors (Lipinski definition) is 1. The molecule has 0 amide bonds. The van der Waals surface area contributed by atoms with Crippen molar-refractivity contribution in [3.05, 3.63) is 90.0 Å². The molecule has 7 heteroatoms. The number of ether oxygens (including phenoxy) is 2. The van der Waals surface area contributed by atoms with Crippen LogP contribution in [-0.2, 0) is 6.54 Å². The largest absolute Gasteiger partial charge is 0.493 e. The molecule has 0 saturated carbocycles. The van der Waals surface area contributed by atoms with Crippen LogP contribution in [0.25, 0.3) is 11.4 Å². The number of carbonyl (C=O) groups is 1. The second-order valence-corrected chi connectivity index (χ2v) is 6.75. The third kappa shape index (κ3) is 4.40. The summed E-state index contributed by atoms with van der Waals surface area (Å²) in [6, 6.07) is 24.4. The summed E-state index contributed by atoms with van der Waals surface area (Å²) >= 11 is 0. The minimum atomic E-state index is -0.328. The fraction of sp³-hybridized carbons (Fsp3) is 0.125. The summed E-state index contributed by atoms with van der Waals surface area (Å²) in [6.07, 6.45) is 0. The summed E-state index contributed by atoms with van der Waals surface area (Å²) in [4.78, 5) is 17.9. The molecular weight excluding hydrogens is 392 g/mol. The maximum Gasteiger partial charge on any atom is 0.281 e. The summed E-state index contributed by atoms with van der Waals surface area (Å²) in [5, 5.41) is 7.72. The third-order valence-corrected chi connectivity index (χ3v) is 4.76. The normalized spacial score (nSPS) is 10.5. The van der Waals surface area contributed by atoms with E-state index in [1.807, 2.05) is 60.7 Å². The van der Waals surface area contributed by atoms with Gasteiger partial charge in [-0.3, -0.25) is 4.79 Å². The van der Waals surface area contributed by atoms with Crippen LogP contribution < -0.4 is 14.8 Å².